The van der Waals surface area contributed by atoms with Crippen LogP contribution in [0.15, 0.2) is 54.7 Å². The van der Waals surface area contributed by atoms with Crippen LogP contribution in [-0.2, 0) is 6.42 Å². The second kappa shape index (κ2) is 6.13. The van der Waals surface area contributed by atoms with Gasteiger partial charge in [0.15, 0.2) is 0 Å². The predicted octanol–water partition coefficient (Wildman–Crippen LogP) is 4.15. The first-order valence-corrected chi connectivity index (χ1v) is 8.28. The summed E-state index contributed by atoms with van der Waals surface area (Å²) < 4.78 is 0. The summed E-state index contributed by atoms with van der Waals surface area (Å²) >= 11 is 6.05. The largest absolute Gasteiger partial charge is 0.345 e. The van der Waals surface area contributed by atoms with Crippen molar-refractivity contribution in [2.75, 3.05) is 0 Å². The number of rotatable bonds is 3. The molecule has 3 aromatic rings. The van der Waals surface area contributed by atoms with Gasteiger partial charge >= 0.3 is 0 Å². The van der Waals surface area contributed by atoms with E-state index < -0.39 is 0 Å². The van der Waals surface area contributed by atoms with Gasteiger partial charge in [-0.25, -0.2) is 0 Å². The van der Waals surface area contributed by atoms with Crippen molar-refractivity contribution < 1.29 is 4.79 Å². The topological polar surface area (TPSA) is 57.8 Å². The van der Waals surface area contributed by atoms with Crippen molar-refractivity contribution in [3.8, 4) is 11.3 Å². The standard InChI is InChI=1S/C19H16ClN3O/c20-14-6-3-5-13(10-14)18-16(11-21-23-18)19(24)22-17-9-8-12-4-1-2-7-15(12)17/h1-7,10-11,17H,8-9H2,(H,21,23)(H,22,24). The van der Waals surface area contributed by atoms with Crippen molar-refractivity contribution in [3.05, 3.63) is 76.4 Å². The van der Waals surface area contributed by atoms with Crippen LogP contribution in [0.25, 0.3) is 11.3 Å². The lowest BCUT2D eigenvalue weighted by Crippen LogP contribution is -2.27. The quantitative estimate of drug-likeness (QED) is 0.754. The third kappa shape index (κ3) is 2.69. The maximum atomic E-state index is 12.7. The molecule has 1 atom stereocenters. The lowest BCUT2D eigenvalue weighted by Gasteiger charge is -2.14. The molecule has 1 aromatic heterocycles. The Morgan fingerprint density at radius 1 is 1.21 bits per heavy atom. The van der Waals surface area contributed by atoms with Crippen LogP contribution in [0.4, 0.5) is 0 Å². The summed E-state index contributed by atoms with van der Waals surface area (Å²) in [7, 11) is 0. The molecule has 2 aromatic carbocycles. The van der Waals surface area contributed by atoms with Crippen molar-refractivity contribution in [1.29, 1.82) is 0 Å². The number of aryl methyl sites for hydroxylation is 1. The highest BCUT2D eigenvalue weighted by atomic mass is 35.5. The van der Waals surface area contributed by atoms with E-state index in [1.807, 2.05) is 30.3 Å². The molecule has 1 unspecified atom stereocenters. The second-order valence-corrected chi connectivity index (χ2v) is 6.37. The molecule has 1 aliphatic rings. The van der Waals surface area contributed by atoms with Gasteiger partial charge in [-0.05, 0) is 36.1 Å². The Kier molecular flexibility index (Phi) is 3.82. The normalized spacial score (nSPS) is 16.0. The monoisotopic (exact) mass is 337 g/mol. The van der Waals surface area contributed by atoms with Gasteiger partial charge in [0.2, 0.25) is 0 Å². The Morgan fingerprint density at radius 2 is 2.08 bits per heavy atom. The maximum absolute atomic E-state index is 12.7. The minimum Gasteiger partial charge on any atom is -0.345 e. The van der Waals surface area contributed by atoms with Gasteiger partial charge in [0.05, 0.1) is 23.5 Å². The molecular formula is C19H16ClN3O. The molecule has 0 spiro atoms. The zero-order chi connectivity index (χ0) is 16.5. The van der Waals surface area contributed by atoms with Gasteiger partial charge in [-0.3, -0.25) is 9.89 Å². The van der Waals surface area contributed by atoms with Gasteiger partial charge in [-0.2, -0.15) is 5.10 Å². The maximum Gasteiger partial charge on any atom is 0.255 e. The van der Waals surface area contributed by atoms with Crippen LogP contribution in [-0.4, -0.2) is 16.1 Å². The van der Waals surface area contributed by atoms with Crippen LogP contribution in [0.5, 0.6) is 0 Å². The lowest BCUT2D eigenvalue weighted by molar-refractivity contribution is 0.0937. The molecule has 1 amide bonds. The SMILES string of the molecule is O=C(NC1CCc2ccccc21)c1cn[nH]c1-c1cccc(Cl)c1. The molecule has 2 N–H and O–H groups in total. The lowest BCUT2D eigenvalue weighted by atomic mass is 10.1. The van der Waals surface area contributed by atoms with Crippen LogP contribution >= 0.6 is 11.6 Å². The van der Waals surface area contributed by atoms with Gasteiger partial charge < -0.3 is 5.32 Å². The highest BCUT2D eigenvalue weighted by Crippen LogP contribution is 2.31. The van der Waals surface area contributed by atoms with Gasteiger partial charge in [0.1, 0.15) is 0 Å². The van der Waals surface area contributed by atoms with E-state index in [0.29, 0.717) is 16.3 Å². The molecule has 0 aliphatic heterocycles. The number of hydrogen-bond acceptors (Lipinski definition) is 2. The number of nitrogens with zero attached hydrogens (tertiary/aromatic N) is 1. The minimum absolute atomic E-state index is 0.0517. The molecule has 5 heteroatoms. The Balaban J connectivity index is 1.60. The minimum atomic E-state index is -0.125. The first-order valence-electron chi connectivity index (χ1n) is 7.90. The number of fused-ring (bicyclic) bond motifs is 1. The molecule has 4 rings (SSSR count). The molecule has 0 saturated carbocycles. The number of H-pyrrole nitrogens is 1. The zero-order valence-electron chi connectivity index (χ0n) is 12.9. The number of nitrogens with one attached hydrogen (secondary N) is 2. The molecule has 0 bridgehead atoms. The number of halogens is 1. The first kappa shape index (κ1) is 15.0. The fourth-order valence-electron chi connectivity index (χ4n) is 3.27. The molecule has 1 aliphatic carbocycles. The molecule has 120 valence electrons. The number of aromatic nitrogens is 2. The average molecular weight is 338 g/mol. The van der Waals surface area contributed by atoms with E-state index in [4.69, 9.17) is 11.6 Å². The van der Waals surface area contributed by atoms with E-state index in [-0.39, 0.29) is 11.9 Å². The van der Waals surface area contributed by atoms with Crippen LogP contribution in [0, 0.1) is 0 Å². The summed E-state index contributed by atoms with van der Waals surface area (Å²) in [6.45, 7) is 0. The summed E-state index contributed by atoms with van der Waals surface area (Å²) in [6, 6.07) is 15.7. The van der Waals surface area contributed by atoms with Crippen LogP contribution < -0.4 is 5.32 Å². The fourth-order valence-corrected chi connectivity index (χ4v) is 3.46. The number of benzene rings is 2. The highest BCUT2D eigenvalue weighted by molar-refractivity contribution is 6.30. The average Bonchev–Trinajstić information content (AvgIpc) is 3.22. The van der Waals surface area contributed by atoms with Crippen LogP contribution in [0.2, 0.25) is 5.02 Å². The number of carbonyl (C=O) groups is 1. The van der Waals surface area contributed by atoms with Gasteiger partial charge in [0, 0.05) is 10.6 Å². The van der Waals surface area contributed by atoms with E-state index >= 15 is 0 Å². The van der Waals surface area contributed by atoms with E-state index in [0.717, 1.165) is 18.4 Å². The highest BCUT2D eigenvalue weighted by Gasteiger charge is 2.25. The van der Waals surface area contributed by atoms with Crippen molar-refractivity contribution in [2.45, 2.75) is 18.9 Å². The van der Waals surface area contributed by atoms with Gasteiger partial charge in [0.25, 0.3) is 5.91 Å². The smallest absolute Gasteiger partial charge is 0.255 e. The number of amides is 1. The van der Waals surface area contributed by atoms with Crippen molar-refractivity contribution in [1.82, 2.24) is 15.5 Å². The fraction of sp³-hybridized carbons (Fsp3) is 0.158. The van der Waals surface area contributed by atoms with Crippen molar-refractivity contribution in [2.24, 2.45) is 0 Å². The van der Waals surface area contributed by atoms with E-state index in [1.165, 1.54) is 11.1 Å². The molecule has 1 heterocycles. The third-order valence-corrected chi connectivity index (χ3v) is 4.67. The zero-order valence-corrected chi connectivity index (χ0v) is 13.7. The van der Waals surface area contributed by atoms with Gasteiger partial charge in [-0.1, -0.05) is 48.0 Å². The number of hydrogen-bond donors (Lipinski definition) is 2. The molecular weight excluding hydrogens is 322 g/mol. The number of aromatic amines is 1. The molecule has 0 radical (unpaired) electrons. The third-order valence-electron chi connectivity index (χ3n) is 4.44. The van der Waals surface area contributed by atoms with Gasteiger partial charge in [-0.15, -0.1) is 0 Å². The molecule has 0 saturated heterocycles. The molecule has 4 nitrogen and oxygen atoms in total. The van der Waals surface area contributed by atoms with E-state index in [1.54, 1.807) is 12.3 Å². The Hall–Kier alpha value is -2.59. The summed E-state index contributed by atoms with van der Waals surface area (Å²) in [5.41, 5.74) is 4.57. The molecule has 0 fully saturated rings. The Morgan fingerprint density at radius 3 is 2.96 bits per heavy atom. The van der Waals surface area contributed by atoms with Crippen molar-refractivity contribution >= 4 is 17.5 Å². The summed E-state index contributed by atoms with van der Waals surface area (Å²) in [5, 5.41) is 10.7. The second-order valence-electron chi connectivity index (χ2n) is 5.93. The van der Waals surface area contributed by atoms with E-state index in [2.05, 4.69) is 27.6 Å². The Bertz CT molecular complexity index is 903. The van der Waals surface area contributed by atoms with Crippen molar-refractivity contribution in [3.63, 3.8) is 0 Å². The van der Waals surface area contributed by atoms with Crippen LogP contribution in [0.1, 0.15) is 33.9 Å². The first-order chi connectivity index (χ1) is 11.7. The number of carbonyl (C=O) groups excluding carboxylic acids is 1. The van der Waals surface area contributed by atoms with E-state index in [9.17, 15) is 4.79 Å². The Labute approximate surface area is 144 Å². The molecule has 24 heavy (non-hydrogen) atoms. The predicted molar refractivity (Wildman–Crippen MR) is 94.0 cm³/mol. The van der Waals surface area contributed by atoms with Crippen LogP contribution in [0.3, 0.4) is 0 Å². The summed E-state index contributed by atoms with van der Waals surface area (Å²) in [5.74, 6) is -0.125. The summed E-state index contributed by atoms with van der Waals surface area (Å²) in [4.78, 5) is 12.7. The summed E-state index contributed by atoms with van der Waals surface area (Å²) in [6.07, 6.45) is 3.48.